The molecule has 0 bridgehead atoms. The lowest BCUT2D eigenvalue weighted by molar-refractivity contribution is 0.462. The topological polar surface area (TPSA) is 38.9 Å². The van der Waals surface area contributed by atoms with Crippen LogP contribution in [0.4, 0.5) is 0 Å². The molecule has 2 N–H and O–H groups in total. The lowest BCUT2D eigenvalue weighted by atomic mass is 9.79. The number of rotatable bonds is 2. The first kappa shape index (κ1) is 13.0. The molecular formula is C19H22N2. The molecule has 2 atom stereocenters. The van der Waals surface area contributed by atoms with Crippen LogP contribution in [-0.4, -0.2) is 4.98 Å². The standard InChI is InChI=1S/C19H22N2/c20-18(16-10-9-13-4-1-6-15(13)12-16)17-8-2-5-14-7-3-11-21-19(14)17/h3,7,9-12,17-18H,1-2,4-6,8,20H2. The molecule has 2 aliphatic rings. The highest BCUT2D eigenvalue weighted by atomic mass is 14.7. The monoisotopic (exact) mass is 278 g/mol. The van der Waals surface area contributed by atoms with E-state index in [1.54, 1.807) is 0 Å². The normalized spacial score (nSPS) is 21.7. The highest BCUT2D eigenvalue weighted by Crippen LogP contribution is 2.38. The first-order valence-corrected chi connectivity index (χ1v) is 8.14. The second-order valence-corrected chi connectivity index (χ2v) is 6.45. The van der Waals surface area contributed by atoms with Crippen molar-refractivity contribution in [3.05, 3.63) is 64.5 Å². The minimum atomic E-state index is 0.0739. The zero-order chi connectivity index (χ0) is 14.2. The van der Waals surface area contributed by atoms with E-state index in [9.17, 15) is 0 Å². The number of aryl methyl sites for hydroxylation is 3. The summed E-state index contributed by atoms with van der Waals surface area (Å²) in [6.07, 6.45) is 9.18. The molecule has 0 amide bonds. The second-order valence-electron chi connectivity index (χ2n) is 6.45. The molecule has 2 aliphatic carbocycles. The predicted molar refractivity (Wildman–Crippen MR) is 85.3 cm³/mol. The second kappa shape index (κ2) is 5.27. The van der Waals surface area contributed by atoms with E-state index < -0.39 is 0 Å². The van der Waals surface area contributed by atoms with E-state index in [-0.39, 0.29) is 6.04 Å². The third kappa shape index (κ3) is 2.28. The molecule has 0 aliphatic heterocycles. The van der Waals surface area contributed by atoms with Crippen LogP contribution in [0.3, 0.4) is 0 Å². The van der Waals surface area contributed by atoms with Crippen LogP contribution in [0, 0.1) is 0 Å². The average molecular weight is 278 g/mol. The Morgan fingerprint density at radius 1 is 1.00 bits per heavy atom. The summed E-state index contributed by atoms with van der Waals surface area (Å²) in [6.45, 7) is 0. The summed E-state index contributed by atoms with van der Waals surface area (Å²) in [5.74, 6) is 0.370. The summed E-state index contributed by atoms with van der Waals surface area (Å²) < 4.78 is 0. The van der Waals surface area contributed by atoms with Crippen molar-refractivity contribution >= 4 is 0 Å². The van der Waals surface area contributed by atoms with Crippen molar-refractivity contribution in [2.45, 2.75) is 50.5 Å². The third-order valence-electron chi connectivity index (χ3n) is 5.18. The number of nitrogens with two attached hydrogens (primary N) is 1. The molecule has 4 rings (SSSR count). The maximum atomic E-state index is 6.64. The maximum Gasteiger partial charge on any atom is 0.0485 e. The molecule has 1 aromatic carbocycles. The fourth-order valence-electron chi connectivity index (χ4n) is 4.03. The molecule has 1 heterocycles. The van der Waals surface area contributed by atoms with E-state index in [2.05, 4.69) is 29.2 Å². The Morgan fingerprint density at radius 3 is 2.81 bits per heavy atom. The molecule has 21 heavy (non-hydrogen) atoms. The van der Waals surface area contributed by atoms with E-state index in [0.717, 1.165) is 12.8 Å². The quantitative estimate of drug-likeness (QED) is 0.910. The van der Waals surface area contributed by atoms with Crippen molar-refractivity contribution in [1.29, 1.82) is 0 Å². The number of fused-ring (bicyclic) bond motifs is 2. The third-order valence-corrected chi connectivity index (χ3v) is 5.18. The van der Waals surface area contributed by atoms with E-state index in [1.165, 1.54) is 53.6 Å². The van der Waals surface area contributed by atoms with Gasteiger partial charge in [0.2, 0.25) is 0 Å². The fourth-order valence-corrected chi connectivity index (χ4v) is 4.03. The molecule has 0 radical (unpaired) electrons. The summed E-state index contributed by atoms with van der Waals surface area (Å²) >= 11 is 0. The van der Waals surface area contributed by atoms with Gasteiger partial charge in [-0.25, -0.2) is 0 Å². The molecule has 2 heteroatoms. The fraction of sp³-hybridized carbons (Fsp3) is 0.421. The zero-order valence-electron chi connectivity index (χ0n) is 12.4. The molecule has 108 valence electrons. The molecular weight excluding hydrogens is 256 g/mol. The van der Waals surface area contributed by atoms with Gasteiger partial charge in [0.05, 0.1) is 0 Å². The Bertz CT molecular complexity index is 662. The Balaban J connectivity index is 1.68. The van der Waals surface area contributed by atoms with E-state index in [0.29, 0.717) is 5.92 Å². The smallest absolute Gasteiger partial charge is 0.0485 e. The van der Waals surface area contributed by atoms with Gasteiger partial charge in [-0.15, -0.1) is 0 Å². The van der Waals surface area contributed by atoms with Crippen LogP contribution >= 0.6 is 0 Å². The highest BCUT2D eigenvalue weighted by Gasteiger charge is 2.28. The van der Waals surface area contributed by atoms with E-state index in [1.807, 2.05) is 12.3 Å². The molecule has 2 nitrogen and oxygen atoms in total. The van der Waals surface area contributed by atoms with E-state index >= 15 is 0 Å². The lowest BCUT2D eigenvalue weighted by Gasteiger charge is -2.29. The summed E-state index contributed by atoms with van der Waals surface area (Å²) in [7, 11) is 0. The summed E-state index contributed by atoms with van der Waals surface area (Å²) in [5.41, 5.74) is 13.6. The van der Waals surface area contributed by atoms with Gasteiger partial charge in [0.15, 0.2) is 0 Å². The van der Waals surface area contributed by atoms with Crippen molar-refractivity contribution in [1.82, 2.24) is 4.98 Å². The first-order chi connectivity index (χ1) is 10.3. The maximum absolute atomic E-state index is 6.64. The number of aromatic nitrogens is 1. The molecule has 1 aromatic heterocycles. The van der Waals surface area contributed by atoms with Crippen molar-refractivity contribution in [2.24, 2.45) is 5.73 Å². The Labute approximate surface area is 126 Å². The van der Waals surface area contributed by atoms with Crippen LogP contribution in [0.15, 0.2) is 36.5 Å². The summed E-state index contributed by atoms with van der Waals surface area (Å²) in [6, 6.07) is 11.2. The van der Waals surface area contributed by atoms with Crippen LogP contribution in [0.25, 0.3) is 0 Å². The SMILES string of the molecule is NC(c1ccc2c(c1)CCC2)C1CCCc2cccnc21. The number of benzene rings is 1. The van der Waals surface area contributed by atoms with Gasteiger partial charge >= 0.3 is 0 Å². The van der Waals surface area contributed by atoms with Crippen LogP contribution < -0.4 is 5.73 Å². The Kier molecular flexibility index (Phi) is 3.27. The van der Waals surface area contributed by atoms with Crippen molar-refractivity contribution < 1.29 is 0 Å². The van der Waals surface area contributed by atoms with Crippen molar-refractivity contribution in [3.8, 4) is 0 Å². The number of nitrogens with zero attached hydrogens (tertiary/aromatic N) is 1. The van der Waals surface area contributed by atoms with Crippen LogP contribution in [-0.2, 0) is 19.3 Å². The van der Waals surface area contributed by atoms with Gasteiger partial charge < -0.3 is 5.73 Å². The lowest BCUT2D eigenvalue weighted by Crippen LogP contribution is -2.24. The summed E-state index contributed by atoms with van der Waals surface area (Å²) in [5, 5.41) is 0. The van der Waals surface area contributed by atoms with Crippen molar-refractivity contribution in [3.63, 3.8) is 0 Å². The minimum Gasteiger partial charge on any atom is -0.323 e. The van der Waals surface area contributed by atoms with Gasteiger partial charge in [0, 0.05) is 23.9 Å². The highest BCUT2D eigenvalue weighted by molar-refractivity contribution is 5.38. The number of pyridine rings is 1. The van der Waals surface area contributed by atoms with Crippen molar-refractivity contribution in [2.75, 3.05) is 0 Å². The molecule has 0 saturated carbocycles. The molecule has 2 aromatic rings. The van der Waals surface area contributed by atoms with Gasteiger partial charge in [-0.05, 0) is 66.8 Å². The first-order valence-electron chi connectivity index (χ1n) is 8.14. The van der Waals surface area contributed by atoms with Crippen LogP contribution in [0.5, 0.6) is 0 Å². The average Bonchev–Trinajstić information content (AvgIpc) is 3.01. The minimum absolute atomic E-state index is 0.0739. The molecule has 2 unspecified atom stereocenters. The molecule has 0 fully saturated rings. The van der Waals surface area contributed by atoms with Gasteiger partial charge in [-0.2, -0.15) is 0 Å². The van der Waals surface area contributed by atoms with Crippen LogP contribution in [0.2, 0.25) is 0 Å². The Hall–Kier alpha value is -1.67. The summed E-state index contributed by atoms with van der Waals surface area (Å²) in [4.78, 5) is 4.64. The molecule has 0 saturated heterocycles. The molecule has 0 spiro atoms. The van der Waals surface area contributed by atoms with Gasteiger partial charge in [-0.3, -0.25) is 4.98 Å². The van der Waals surface area contributed by atoms with Gasteiger partial charge in [0.25, 0.3) is 0 Å². The largest absolute Gasteiger partial charge is 0.323 e. The van der Waals surface area contributed by atoms with Gasteiger partial charge in [-0.1, -0.05) is 24.3 Å². The number of hydrogen-bond donors (Lipinski definition) is 1. The predicted octanol–water partition coefficient (Wildman–Crippen LogP) is 3.69. The van der Waals surface area contributed by atoms with Crippen LogP contribution in [0.1, 0.15) is 59.2 Å². The van der Waals surface area contributed by atoms with E-state index in [4.69, 9.17) is 5.73 Å². The zero-order valence-corrected chi connectivity index (χ0v) is 12.4. The number of hydrogen-bond acceptors (Lipinski definition) is 2. The van der Waals surface area contributed by atoms with Gasteiger partial charge in [0.1, 0.15) is 0 Å². The Morgan fingerprint density at radius 2 is 1.86 bits per heavy atom.